The van der Waals surface area contributed by atoms with Gasteiger partial charge in [-0.3, -0.25) is 29.4 Å². The maximum absolute atomic E-state index is 16.4. The van der Waals surface area contributed by atoms with Gasteiger partial charge in [0.2, 0.25) is 11.8 Å². The average Bonchev–Trinajstić information content (AvgIpc) is 3.85. The van der Waals surface area contributed by atoms with Gasteiger partial charge < -0.3 is 34.3 Å². The number of amides is 3. The molecule has 16 nitrogen and oxygen atoms in total. The molecule has 2 N–H and O–H groups in total. The fourth-order valence-corrected chi connectivity index (χ4v) is 10.5. The van der Waals surface area contributed by atoms with Crippen LogP contribution < -0.4 is 19.9 Å². The fourth-order valence-electron chi connectivity index (χ4n) is 10.5. The topological polar surface area (TPSA) is 190 Å². The number of morpholine rings is 2. The van der Waals surface area contributed by atoms with Crippen molar-refractivity contribution >= 4 is 46.6 Å². The number of para-hydroxylation sites is 2. The first-order valence-electron chi connectivity index (χ1n) is 22.7. The van der Waals surface area contributed by atoms with Gasteiger partial charge in [0.05, 0.1) is 48.4 Å². The minimum Gasteiger partial charge on any atom is -0.491 e. The van der Waals surface area contributed by atoms with E-state index < -0.39 is 64.4 Å². The van der Waals surface area contributed by atoms with Crippen LogP contribution in [0.2, 0.25) is 0 Å². The van der Waals surface area contributed by atoms with Crippen molar-refractivity contribution in [1.29, 1.82) is 0 Å². The summed E-state index contributed by atoms with van der Waals surface area (Å²) >= 11 is 0. The molecule has 1 spiro atoms. The highest BCUT2D eigenvalue weighted by molar-refractivity contribution is 6.24. The minimum absolute atomic E-state index is 0.118. The van der Waals surface area contributed by atoms with E-state index in [1.165, 1.54) is 24.3 Å². The lowest BCUT2D eigenvalue weighted by atomic mass is 9.65. The smallest absolute Gasteiger partial charge is 0.421 e. The predicted molar refractivity (Wildman–Crippen MR) is 252 cm³/mol. The Kier molecular flexibility index (Phi) is 12.4. The van der Waals surface area contributed by atoms with Crippen LogP contribution in [0.5, 0.6) is 5.75 Å². The second kappa shape index (κ2) is 19.0. The van der Waals surface area contributed by atoms with Crippen molar-refractivity contribution in [2.75, 3.05) is 54.6 Å². The Hall–Kier alpha value is -7.92. The van der Waals surface area contributed by atoms with Gasteiger partial charge in [0.25, 0.3) is 5.69 Å². The molecule has 10 rings (SSSR count). The highest BCUT2D eigenvalue weighted by Crippen LogP contribution is 2.66. The van der Waals surface area contributed by atoms with Crippen molar-refractivity contribution in [1.82, 2.24) is 4.90 Å². The van der Waals surface area contributed by atoms with E-state index in [2.05, 4.69) is 10.2 Å². The molecule has 6 atom stereocenters. The van der Waals surface area contributed by atoms with Gasteiger partial charge in [0, 0.05) is 42.2 Å². The highest BCUT2D eigenvalue weighted by atomic mass is 16.6. The van der Waals surface area contributed by atoms with Gasteiger partial charge in [0.15, 0.2) is 0 Å². The van der Waals surface area contributed by atoms with Crippen LogP contribution in [-0.2, 0) is 40.6 Å². The summed E-state index contributed by atoms with van der Waals surface area (Å²) < 4.78 is 24.2. The summed E-state index contributed by atoms with van der Waals surface area (Å²) in [4.78, 5) is 78.1. The number of esters is 1. The average molecular weight is 930 g/mol. The third kappa shape index (κ3) is 8.01. The fraction of sp³-hybridized carbons (Fsp3) is 0.245. The van der Waals surface area contributed by atoms with Gasteiger partial charge >= 0.3 is 12.1 Å². The zero-order valence-corrected chi connectivity index (χ0v) is 37.2. The van der Waals surface area contributed by atoms with Crippen molar-refractivity contribution in [3.63, 3.8) is 0 Å². The number of carbonyl (C=O) groups excluding carboxylic acids is 4. The number of cyclic esters (lactones) is 1. The maximum Gasteiger partial charge on any atom is 0.421 e. The lowest BCUT2D eigenvalue weighted by Crippen LogP contribution is -2.54. The molecule has 350 valence electrons. The largest absolute Gasteiger partial charge is 0.491 e. The van der Waals surface area contributed by atoms with Crippen molar-refractivity contribution in [2.45, 2.75) is 36.3 Å². The van der Waals surface area contributed by atoms with E-state index in [-0.39, 0.29) is 42.5 Å². The normalized spacial score (nSPS) is 22.9. The maximum atomic E-state index is 16.4. The summed E-state index contributed by atoms with van der Waals surface area (Å²) in [7, 11) is 0. The predicted octanol–water partition coefficient (Wildman–Crippen LogP) is 7.44. The molecule has 4 heterocycles. The molecule has 0 bridgehead atoms. The zero-order chi connectivity index (χ0) is 47.6. The monoisotopic (exact) mass is 929 g/mol. The van der Waals surface area contributed by atoms with E-state index in [9.17, 15) is 20.0 Å². The quantitative estimate of drug-likeness (QED) is 0.0700. The molecule has 4 aliphatic rings. The molecule has 0 radical (unpaired) electrons. The van der Waals surface area contributed by atoms with E-state index in [1.54, 1.807) is 60.7 Å². The SMILES string of the molecule is O=C1OC(c2ccccc2)C(c2ccccc2)N2C1C(C(=O)Nc1ccc(N3CCOCC3)cc1)C1(C(=O)N(C(=O)OCc3ccc([N+](=O)[O-])cc3)c3ccccc31)C2c1ccccc1OCCO. The Morgan fingerprint density at radius 2 is 1.43 bits per heavy atom. The van der Waals surface area contributed by atoms with Crippen molar-refractivity contribution < 1.29 is 48.2 Å². The third-order valence-electron chi connectivity index (χ3n) is 13.4. The second-order valence-corrected chi connectivity index (χ2v) is 17.1. The van der Waals surface area contributed by atoms with Crippen LogP contribution in [0.4, 0.5) is 27.5 Å². The minimum atomic E-state index is -2.08. The summed E-state index contributed by atoms with van der Waals surface area (Å²) in [5, 5.41) is 24.5. The molecule has 0 saturated carbocycles. The van der Waals surface area contributed by atoms with Crippen LogP contribution in [0.15, 0.2) is 158 Å². The van der Waals surface area contributed by atoms with Gasteiger partial charge in [-0.1, -0.05) is 97.1 Å². The number of rotatable bonds is 12. The van der Waals surface area contributed by atoms with Crippen molar-refractivity contribution in [3.05, 3.63) is 196 Å². The molecule has 0 aromatic heterocycles. The molecule has 6 aromatic rings. The third-order valence-corrected chi connectivity index (χ3v) is 13.4. The number of hydrogen-bond donors (Lipinski definition) is 2. The van der Waals surface area contributed by atoms with Gasteiger partial charge in [0.1, 0.15) is 36.5 Å². The number of nitrogens with zero attached hydrogens (tertiary/aromatic N) is 4. The van der Waals surface area contributed by atoms with E-state index in [0.717, 1.165) is 16.2 Å². The summed E-state index contributed by atoms with van der Waals surface area (Å²) in [6, 6.07) is 41.6. The highest BCUT2D eigenvalue weighted by Gasteiger charge is 2.76. The second-order valence-electron chi connectivity index (χ2n) is 17.1. The van der Waals surface area contributed by atoms with Crippen molar-refractivity contribution in [2.24, 2.45) is 5.92 Å². The number of non-ortho nitro benzene ring substituents is 1. The number of anilines is 3. The lowest BCUT2D eigenvalue weighted by Gasteiger charge is -2.46. The Bertz CT molecular complexity index is 2880. The molecule has 6 aromatic carbocycles. The number of nitro groups is 1. The number of hydrogen-bond acceptors (Lipinski definition) is 13. The first kappa shape index (κ1) is 44.9. The standard InChI is InChI=1S/C53H47N5O11/c59-29-32-67-43-18-10-7-15-40(43)48-53(41-16-8-9-17-42(41)56(51(53)62)52(63)68-33-34-19-23-39(24-20-34)58(64)65)44(49(60)54-37-21-25-38(26-22-37)55-27-30-66-31-28-55)46-50(61)69-47(36-13-5-2-6-14-36)45(57(46)48)35-11-3-1-4-12-35/h1-26,44-48,59H,27-33H2,(H,54,60). The molecule has 0 aliphatic carbocycles. The number of carbonyl (C=O) groups is 4. The Balaban J connectivity index is 1.18. The number of aliphatic hydroxyl groups is 1. The first-order valence-corrected chi connectivity index (χ1v) is 22.7. The molecule has 4 aliphatic heterocycles. The number of aliphatic hydroxyl groups excluding tert-OH is 1. The molecular formula is C53H47N5O11. The van der Waals surface area contributed by atoms with E-state index in [1.807, 2.05) is 77.7 Å². The summed E-state index contributed by atoms with van der Waals surface area (Å²) in [5.74, 6) is -3.59. The van der Waals surface area contributed by atoms with Crippen LogP contribution in [0, 0.1) is 16.0 Å². The van der Waals surface area contributed by atoms with Gasteiger partial charge in [-0.25, -0.2) is 9.69 Å². The molecule has 3 saturated heterocycles. The Morgan fingerprint density at radius 3 is 2.13 bits per heavy atom. The van der Waals surface area contributed by atoms with Crippen LogP contribution in [0.1, 0.15) is 46.0 Å². The molecule has 69 heavy (non-hydrogen) atoms. The zero-order valence-electron chi connectivity index (χ0n) is 37.2. The van der Waals surface area contributed by atoms with E-state index in [0.29, 0.717) is 48.7 Å². The summed E-state index contributed by atoms with van der Waals surface area (Å²) in [6.07, 6.45) is -2.02. The number of imide groups is 1. The van der Waals surface area contributed by atoms with Crippen molar-refractivity contribution in [3.8, 4) is 5.75 Å². The van der Waals surface area contributed by atoms with Crippen LogP contribution in [-0.4, -0.2) is 84.4 Å². The molecular weight excluding hydrogens is 883 g/mol. The molecule has 6 unspecified atom stereocenters. The number of nitrogens with one attached hydrogen (secondary N) is 1. The van der Waals surface area contributed by atoms with Gasteiger partial charge in [-0.2, -0.15) is 0 Å². The lowest BCUT2D eigenvalue weighted by molar-refractivity contribution is -0.384. The molecule has 3 amide bonds. The van der Waals surface area contributed by atoms with E-state index in [4.69, 9.17) is 18.9 Å². The Morgan fingerprint density at radius 1 is 0.783 bits per heavy atom. The van der Waals surface area contributed by atoms with E-state index >= 15 is 14.4 Å². The molecule has 3 fully saturated rings. The number of fused-ring (bicyclic) bond motifs is 3. The Labute approximate surface area is 396 Å². The van der Waals surface area contributed by atoms with Crippen LogP contribution in [0.25, 0.3) is 0 Å². The summed E-state index contributed by atoms with van der Waals surface area (Å²) in [6.45, 7) is 1.75. The molecule has 16 heteroatoms. The number of nitro benzene ring substituents is 1. The van der Waals surface area contributed by atoms with Gasteiger partial charge in [-0.05, 0) is 70.8 Å². The van der Waals surface area contributed by atoms with Gasteiger partial charge in [-0.15, -0.1) is 0 Å². The number of benzene rings is 6. The first-order chi connectivity index (χ1) is 33.7. The summed E-state index contributed by atoms with van der Waals surface area (Å²) in [5.41, 5.74) is 1.72. The number of ether oxygens (including phenoxy) is 4. The van der Waals surface area contributed by atoms with Crippen LogP contribution in [0.3, 0.4) is 0 Å². The van der Waals surface area contributed by atoms with Crippen LogP contribution >= 0.6 is 0 Å².